The van der Waals surface area contributed by atoms with E-state index in [1.54, 1.807) is 22.3 Å². The van der Waals surface area contributed by atoms with E-state index in [-0.39, 0.29) is 16.2 Å². The molecule has 4 heteroatoms. The van der Waals surface area contributed by atoms with Gasteiger partial charge in [0.25, 0.3) is 0 Å². The van der Waals surface area contributed by atoms with Gasteiger partial charge in [-0.05, 0) is 190 Å². The van der Waals surface area contributed by atoms with Gasteiger partial charge >= 0.3 is 0 Å². The lowest BCUT2D eigenvalue weighted by atomic mass is 9.68. The largest absolute Gasteiger partial charge is 0.456 e. The fourth-order valence-electron chi connectivity index (χ4n) is 19.6. The van der Waals surface area contributed by atoms with Crippen molar-refractivity contribution >= 4 is 82.9 Å². The fraction of sp³-hybridized carbons (Fsp3) is 0.388. The molecule has 0 unspecified atom stereocenters. The van der Waals surface area contributed by atoms with Gasteiger partial charge in [-0.25, -0.2) is 0 Å². The number of benzene rings is 10. The van der Waals surface area contributed by atoms with E-state index in [4.69, 9.17) is 13.3 Å². The number of anilines is 3. The Morgan fingerprint density at radius 1 is 0.284 bits per heavy atom. The SMILES string of the molecule is CCCCCCCCC1(CCCCCCCC)c2cc(N(c3ccc(C)cc3)c3ccc4c(c3)C(C)(C)c3cc(-c5cccc6oc7ccccc7c56)c5oc6ccccc6c5c3-4)ccc2-c2cc3c(cc21)-c1c(ccc2oc4ccccc4c12)C3(CCCCCCCC)CCCCCCCC. The molecule has 0 saturated heterocycles. The molecule has 3 aliphatic carbocycles. The molecular weight excluding hydrogens is 1240 g/mol. The van der Waals surface area contributed by atoms with Crippen molar-refractivity contribution in [1.82, 2.24) is 0 Å². The minimum atomic E-state index is -0.372. The Hall–Kier alpha value is -8.60. The van der Waals surface area contributed by atoms with Crippen molar-refractivity contribution in [1.29, 1.82) is 0 Å². The van der Waals surface area contributed by atoms with Gasteiger partial charge in [-0.2, -0.15) is 0 Å². The standard InChI is InChI=1S/C98H107NO3/c1-8-12-16-20-24-34-57-97(58-35-25-21-17-13-9-2)79-55-56-89-93(74-40-29-32-44-86(74)101-89)92(79)78-65-82-76(63-83(78)97)70-53-51-69(62-81(70)98(82,59-36-26-22-18-14-10-3)60-37-27-23-19-15-11-4)99(67-49-47-66(5)48-50-67)68-52-54-72-80(61-68)96(6,7)84-64-77(95-94(91(72)84)75-41-30-33-45-87(75)102-95)71-42-38-46-88-90(71)73-39-28-31-43-85(73)100-88/h28-33,38-56,61-65H,8-27,34-37,57-60H2,1-7H3. The van der Waals surface area contributed by atoms with Crippen LogP contribution in [0.25, 0.3) is 110 Å². The molecule has 3 aliphatic rings. The van der Waals surface area contributed by atoms with Crippen LogP contribution >= 0.6 is 0 Å². The molecule has 3 aromatic heterocycles. The summed E-state index contributed by atoms with van der Waals surface area (Å²) in [6, 6.07) is 70.4. The Bertz CT molecular complexity index is 5160. The molecule has 0 aliphatic heterocycles. The summed E-state index contributed by atoms with van der Waals surface area (Å²) in [6.45, 7) is 16.6. The van der Waals surface area contributed by atoms with Crippen molar-refractivity contribution in [3.63, 3.8) is 0 Å². The van der Waals surface area contributed by atoms with Crippen molar-refractivity contribution in [3.05, 3.63) is 221 Å². The van der Waals surface area contributed by atoms with Crippen molar-refractivity contribution in [2.45, 2.75) is 244 Å². The zero-order valence-electron chi connectivity index (χ0n) is 62.3. The number of aryl methyl sites for hydroxylation is 1. The van der Waals surface area contributed by atoms with Crippen LogP contribution in [0.1, 0.15) is 260 Å². The second-order valence-corrected chi connectivity index (χ2v) is 31.8. The zero-order chi connectivity index (χ0) is 69.5. The third-order valence-corrected chi connectivity index (χ3v) is 24.9. The van der Waals surface area contributed by atoms with E-state index in [9.17, 15) is 0 Å². The quantitative estimate of drug-likeness (QED) is 0.0394. The normalized spacial score (nSPS) is 14.4. The number of rotatable bonds is 32. The predicted molar refractivity (Wildman–Crippen MR) is 435 cm³/mol. The third kappa shape index (κ3) is 11.8. The number of hydrogen-bond donors (Lipinski definition) is 0. The Morgan fingerprint density at radius 3 is 1.28 bits per heavy atom. The van der Waals surface area contributed by atoms with Gasteiger partial charge in [-0.15, -0.1) is 0 Å². The highest BCUT2D eigenvalue weighted by Crippen LogP contribution is 2.64. The summed E-state index contributed by atoms with van der Waals surface area (Å²) < 4.78 is 20.6. The minimum absolute atomic E-state index is 0.101. The van der Waals surface area contributed by atoms with Gasteiger partial charge in [-0.3, -0.25) is 0 Å². The van der Waals surface area contributed by atoms with Crippen LogP contribution in [0.3, 0.4) is 0 Å². The molecule has 0 fully saturated rings. The van der Waals surface area contributed by atoms with E-state index in [1.807, 2.05) is 0 Å². The average Bonchev–Trinajstić information content (AvgIpc) is 1.41. The Morgan fingerprint density at radius 2 is 0.706 bits per heavy atom. The van der Waals surface area contributed by atoms with E-state index in [2.05, 4.69) is 235 Å². The topological polar surface area (TPSA) is 42.7 Å². The van der Waals surface area contributed by atoms with Gasteiger partial charge in [0.05, 0.1) is 0 Å². The van der Waals surface area contributed by atoms with Crippen molar-refractivity contribution < 1.29 is 13.3 Å². The molecule has 10 aromatic carbocycles. The molecular formula is C98H107NO3. The van der Waals surface area contributed by atoms with Crippen LogP contribution in [0.15, 0.2) is 195 Å². The first-order valence-electron chi connectivity index (χ1n) is 40.3. The third-order valence-electron chi connectivity index (χ3n) is 24.9. The van der Waals surface area contributed by atoms with Crippen molar-refractivity contribution in [3.8, 4) is 44.5 Å². The van der Waals surface area contributed by atoms with Crippen LogP contribution in [0.5, 0.6) is 0 Å². The van der Waals surface area contributed by atoms with E-state index in [1.165, 1.54) is 250 Å². The van der Waals surface area contributed by atoms with Gasteiger partial charge in [0, 0.05) is 71.2 Å². The van der Waals surface area contributed by atoms with Gasteiger partial charge in [0.1, 0.15) is 33.5 Å². The van der Waals surface area contributed by atoms with E-state index >= 15 is 0 Å². The highest BCUT2D eigenvalue weighted by molar-refractivity contribution is 6.22. The van der Waals surface area contributed by atoms with Crippen LogP contribution in [0, 0.1) is 6.92 Å². The second-order valence-electron chi connectivity index (χ2n) is 31.8. The molecule has 522 valence electrons. The first-order chi connectivity index (χ1) is 50.1. The van der Waals surface area contributed by atoms with E-state index < -0.39 is 0 Å². The number of nitrogens with zero attached hydrogens (tertiary/aromatic N) is 1. The smallest absolute Gasteiger partial charge is 0.143 e. The van der Waals surface area contributed by atoms with Gasteiger partial charge in [0.2, 0.25) is 0 Å². The van der Waals surface area contributed by atoms with Gasteiger partial charge in [0.15, 0.2) is 0 Å². The van der Waals surface area contributed by atoms with Crippen LogP contribution in [0.2, 0.25) is 0 Å². The molecule has 0 radical (unpaired) electrons. The molecule has 102 heavy (non-hydrogen) atoms. The number of hydrogen-bond acceptors (Lipinski definition) is 4. The van der Waals surface area contributed by atoms with Crippen LogP contribution in [-0.4, -0.2) is 0 Å². The lowest BCUT2D eigenvalue weighted by Gasteiger charge is -2.35. The first-order valence-corrected chi connectivity index (χ1v) is 40.3. The van der Waals surface area contributed by atoms with Gasteiger partial charge in [-0.1, -0.05) is 298 Å². The molecule has 16 rings (SSSR count). The van der Waals surface area contributed by atoms with Gasteiger partial charge < -0.3 is 18.2 Å². The number of furan rings is 3. The summed E-state index contributed by atoms with van der Waals surface area (Å²) in [5.41, 5.74) is 29.4. The lowest BCUT2D eigenvalue weighted by Crippen LogP contribution is -2.27. The maximum Gasteiger partial charge on any atom is 0.143 e. The molecule has 0 N–H and O–H groups in total. The summed E-state index contributed by atoms with van der Waals surface area (Å²) in [5, 5.41) is 7.15. The molecule has 3 heterocycles. The summed E-state index contributed by atoms with van der Waals surface area (Å²) >= 11 is 0. The summed E-state index contributed by atoms with van der Waals surface area (Å²) in [5.74, 6) is 0. The molecule has 0 bridgehead atoms. The molecule has 0 atom stereocenters. The summed E-state index contributed by atoms with van der Waals surface area (Å²) in [7, 11) is 0. The molecule has 4 nitrogen and oxygen atoms in total. The lowest BCUT2D eigenvalue weighted by molar-refractivity contribution is 0.394. The second kappa shape index (κ2) is 28.9. The fourth-order valence-corrected chi connectivity index (χ4v) is 19.6. The Kier molecular flexibility index (Phi) is 19.2. The Balaban J connectivity index is 0.884. The van der Waals surface area contributed by atoms with E-state index in [0.29, 0.717) is 0 Å². The zero-order valence-corrected chi connectivity index (χ0v) is 62.3. The Labute approximate surface area is 607 Å². The first kappa shape index (κ1) is 67.9. The highest BCUT2D eigenvalue weighted by Gasteiger charge is 2.49. The molecule has 13 aromatic rings. The molecule has 0 amide bonds. The monoisotopic (exact) mass is 1350 g/mol. The van der Waals surface area contributed by atoms with Crippen LogP contribution in [-0.2, 0) is 16.2 Å². The van der Waals surface area contributed by atoms with Crippen molar-refractivity contribution in [2.24, 2.45) is 0 Å². The maximum atomic E-state index is 7.14. The number of fused-ring (bicyclic) bond motifs is 20. The number of para-hydroxylation sites is 3. The molecule has 0 saturated carbocycles. The van der Waals surface area contributed by atoms with Crippen molar-refractivity contribution in [2.75, 3.05) is 4.90 Å². The maximum absolute atomic E-state index is 7.14. The predicted octanol–water partition coefficient (Wildman–Crippen LogP) is 30.7. The van der Waals surface area contributed by atoms with E-state index in [0.717, 1.165) is 73.6 Å². The molecule has 0 spiro atoms. The highest BCUT2D eigenvalue weighted by atomic mass is 16.3. The minimum Gasteiger partial charge on any atom is -0.456 e. The number of unbranched alkanes of at least 4 members (excludes halogenated alkanes) is 20. The van der Waals surface area contributed by atoms with Crippen LogP contribution < -0.4 is 4.90 Å². The van der Waals surface area contributed by atoms with Crippen LogP contribution in [0.4, 0.5) is 17.1 Å². The summed E-state index contributed by atoms with van der Waals surface area (Å²) in [6.07, 6.45) is 35.5. The average molecular weight is 1350 g/mol. The summed E-state index contributed by atoms with van der Waals surface area (Å²) in [4.78, 5) is 2.62.